The summed E-state index contributed by atoms with van der Waals surface area (Å²) in [7, 11) is 0. The van der Waals surface area contributed by atoms with E-state index in [-0.39, 0.29) is 22.9 Å². The zero-order valence-electron chi connectivity index (χ0n) is 19.4. The highest BCUT2D eigenvalue weighted by molar-refractivity contribution is 5.35. The highest BCUT2D eigenvalue weighted by Gasteiger charge is 2.42. The maximum atomic E-state index is 6.10. The molecule has 0 radical (unpaired) electrons. The summed E-state index contributed by atoms with van der Waals surface area (Å²) >= 11 is 0. The first-order valence-electron chi connectivity index (χ1n) is 11.2. The molecule has 30 heavy (non-hydrogen) atoms. The fraction of sp³-hybridized carbons (Fsp3) is 0.720. The molecule has 0 unspecified atom stereocenters. The number of pyridine rings is 1. The molecule has 0 amide bonds. The Morgan fingerprint density at radius 3 is 2.37 bits per heavy atom. The van der Waals surface area contributed by atoms with Crippen molar-refractivity contribution in [3.05, 3.63) is 24.0 Å². The minimum Gasteiger partial charge on any atom is -0.489 e. The SMILES string of the molecule is CCC(C)(C)OC1CC(Oc2ccc(C#CC3(OCCOC(C)(C)C)CC3)nc2)C1. The molecule has 0 N–H and O–H groups in total. The van der Waals surface area contributed by atoms with Gasteiger partial charge in [0.25, 0.3) is 0 Å². The minimum atomic E-state index is -0.314. The lowest BCUT2D eigenvalue weighted by Crippen LogP contribution is -2.43. The van der Waals surface area contributed by atoms with Gasteiger partial charge in [0.2, 0.25) is 0 Å². The lowest BCUT2D eigenvalue weighted by atomic mass is 9.90. The summed E-state index contributed by atoms with van der Waals surface area (Å²) in [6, 6.07) is 3.85. The van der Waals surface area contributed by atoms with Gasteiger partial charge in [0.15, 0.2) is 0 Å². The van der Waals surface area contributed by atoms with Crippen LogP contribution in [0.2, 0.25) is 0 Å². The van der Waals surface area contributed by atoms with E-state index in [4.69, 9.17) is 18.9 Å². The van der Waals surface area contributed by atoms with E-state index in [0.717, 1.165) is 43.5 Å². The van der Waals surface area contributed by atoms with E-state index in [1.165, 1.54) is 0 Å². The zero-order valence-corrected chi connectivity index (χ0v) is 19.4. The number of ether oxygens (including phenoxy) is 4. The number of hydrogen-bond acceptors (Lipinski definition) is 5. The van der Waals surface area contributed by atoms with Crippen molar-refractivity contribution in [2.45, 2.75) is 103 Å². The fourth-order valence-corrected chi connectivity index (χ4v) is 3.14. The summed E-state index contributed by atoms with van der Waals surface area (Å²) in [4.78, 5) is 4.43. The first-order valence-corrected chi connectivity index (χ1v) is 11.2. The van der Waals surface area contributed by atoms with Gasteiger partial charge >= 0.3 is 0 Å². The summed E-state index contributed by atoms with van der Waals surface area (Å²) < 4.78 is 23.8. The molecular weight excluding hydrogens is 378 g/mol. The second kappa shape index (κ2) is 9.26. The van der Waals surface area contributed by atoms with Crippen molar-refractivity contribution in [3.63, 3.8) is 0 Å². The van der Waals surface area contributed by atoms with Crippen molar-refractivity contribution >= 4 is 0 Å². The quantitative estimate of drug-likeness (QED) is 0.424. The van der Waals surface area contributed by atoms with Crippen LogP contribution in [0.4, 0.5) is 0 Å². The van der Waals surface area contributed by atoms with E-state index < -0.39 is 0 Å². The molecule has 2 saturated carbocycles. The molecule has 2 aliphatic rings. The smallest absolute Gasteiger partial charge is 0.138 e. The number of hydrogen-bond donors (Lipinski definition) is 0. The maximum Gasteiger partial charge on any atom is 0.138 e. The lowest BCUT2D eigenvalue weighted by molar-refractivity contribution is -0.135. The molecule has 0 bridgehead atoms. The van der Waals surface area contributed by atoms with Crippen LogP contribution in [0.3, 0.4) is 0 Å². The Morgan fingerprint density at radius 1 is 1.07 bits per heavy atom. The summed E-state index contributed by atoms with van der Waals surface area (Å²) in [6.45, 7) is 13.7. The normalized spacial score (nSPS) is 22.6. The molecule has 166 valence electrons. The average molecular weight is 416 g/mol. The Balaban J connectivity index is 1.41. The molecule has 1 aromatic rings. The second-order valence-electron chi connectivity index (χ2n) is 10.00. The molecule has 0 aliphatic heterocycles. The molecule has 2 fully saturated rings. The van der Waals surface area contributed by atoms with Gasteiger partial charge in [-0.3, -0.25) is 0 Å². The van der Waals surface area contributed by atoms with E-state index in [1.54, 1.807) is 6.20 Å². The van der Waals surface area contributed by atoms with Crippen LogP contribution in [0.25, 0.3) is 0 Å². The highest BCUT2D eigenvalue weighted by Crippen LogP contribution is 2.39. The van der Waals surface area contributed by atoms with Gasteiger partial charge in [-0.25, -0.2) is 4.98 Å². The van der Waals surface area contributed by atoms with Crippen molar-refractivity contribution < 1.29 is 18.9 Å². The van der Waals surface area contributed by atoms with Gasteiger partial charge in [-0.1, -0.05) is 12.8 Å². The highest BCUT2D eigenvalue weighted by atomic mass is 16.5. The van der Waals surface area contributed by atoms with Crippen LogP contribution in [0.15, 0.2) is 18.3 Å². The average Bonchev–Trinajstić information content (AvgIpc) is 3.42. The van der Waals surface area contributed by atoms with Crippen molar-refractivity contribution in [1.29, 1.82) is 0 Å². The van der Waals surface area contributed by atoms with Gasteiger partial charge in [-0.2, -0.15) is 0 Å². The molecule has 1 heterocycles. The summed E-state index contributed by atoms with van der Waals surface area (Å²) in [5.74, 6) is 7.19. The van der Waals surface area contributed by atoms with Gasteiger partial charge in [-0.05, 0) is 71.9 Å². The van der Waals surface area contributed by atoms with E-state index in [1.807, 2.05) is 32.9 Å². The predicted molar refractivity (Wildman–Crippen MR) is 118 cm³/mol. The molecule has 2 aliphatic carbocycles. The molecule has 1 aromatic heterocycles. The van der Waals surface area contributed by atoms with Crippen molar-refractivity contribution in [2.24, 2.45) is 0 Å². The number of rotatable bonds is 9. The van der Waals surface area contributed by atoms with E-state index in [0.29, 0.717) is 19.3 Å². The van der Waals surface area contributed by atoms with Crippen LogP contribution in [0, 0.1) is 11.8 Å². The molecule has 0 atom stereocenters. The fourth-order valence-electron chi connectivity index (χ4n) is 3.14. The molecule has 0 saturated heterocycles. The number of aromatic nitrogens is 1. The molecule has 0 aromatic carbocycles. The molecule has 3 rings (SSSR count). The zero-order chi connectivity index (χ0) is 21.8. The first kappa shape index (κ1) is 23.1. The summed E-state index contributed by atoms with van der Waals surface area (Å²) in [5, 5.41) is 0. The Bertz CT molecular complexity index is 744. The Hall–Kier alpha value is -1.61. The third kappa shape index (κ3) is 7.27. The van der Waals surface area contributed by atoms with Crippen LogP contribution in [-0.2, 0) is 14.2 Å². The van der Waals surface area contributed by atoms with E-state index in [9.17, 15) is 0 Å². The third-order valence-corrected chi connectivity index (χ3v) is 5.55. The molecule has 0 spiro atoms. The molecule has 5 heteroatoms. The lowest BCUT2D eigenvalue weighted by Gasteiger charge is -2.40. The Labute approximate surface area is 181 Å². The monoisotopic (exact) mass is 415 g/mol. The second-order valence-corrected chi connectivity index (χ2v) is 10.00. The van der Waals surface area contributed by atoms with Crippen molar-refractivity contribution in [2.75, 3.05) is 13.2 Å². The van der Waals surface area contributed by atoms with Crippen molar-refractivity contribution in [1.82, 2.24) is 4.98 Å². The van der Waals surface area contributed by atoms with Gasteiger partial charge < -0.3 is 18.9 Å². The van der Waals surface area contributed by atoms with Gasteiger partial charge in [-0.15, -0.1) is 0 Å². The first-order chi connectivity index (χ1) is 14.1. The van der Waals surface area contributed by atoms with Crippen molar-refractivity contribution in [3.8, 4) is 17.6 Å². The Morgan fingerprint density at radius 2 is 1.80 bits per heavy atom. The van der Waals surface area contributed by atoms with Crippen LogP contribution in [0.5, 0.6) is 5.75 Å². The molecule has 5 nitrogen and oxygen atoms in total. The van der Waals surface area contributed by atoms with Gasteiger partial charge in [0.1, 0.15) is 23.1 Å². The predicted octanol–water partition coefficient (Wildman–Crippen LogP) is 4.91. The summed E-state index contributed by atoms with van der Waals surface area (Å²) in [6.07, 6.45) is 7.08. The maximum absolute atomic E-state index is 6.10. The topological polar surface area (TPSA) is 49.8 Å². The van der Waals surface area contributed by atoms with Crippen LogP contribution < -0.4 is 4.74 Å². The van der Waals surface area contributed by atoms with Crippen LogP contribution in [-0.4, -0.2) is 47.2 Å². The van der Waals surface area contributed by atoms with Crippen LogP contribution in [0.1, 0.15) is 79.3 Å². The summed E-state index contributed by atoms with van der Waals surface area (Å²) in [5.41, 5.74) is 0.229. The minimum absolute atomic E-state index is 0.0558. The third-order valence-electron chi connectivity index (χ3n) is 5.55. The van der Waals surface area contributed by atoms with E-state index in [2.05, 4.69) is 37.6 Å². The van der Waals surface area contributed by atoms with Crippen LogP contribution >= 0.6 is 0 Å². The van der Waals surface area contributed by atoms with E-state index >= 15 is 0 Å². The van der Waals surface area contributed by atoms with Gasteiger partial charge in [0.05, 0.1) is 36.7 Å². The Kier molecular flexibility index (Phi) is 7.12. The number of nitrogens with zero attached hydrogens (tertiary/aromatic N) is 1. The van der Waals surface area contributed by atoms with Gasteiger partial charge in [0, 0.05) is 12.8 Å². The standard InChI is InChI=1S/C25H37NO4/c1-7-24(5,6)30-22-16-21(17-22)29-20-9-8-19(26-18-20)10-11-25(12-13-25)28-15-14-27-23(2,3)4/h8-9,18,21-22H,7,12-17H2,1-6H3. The largest absolute Gasteiger partial charge is 0.489 e. The molecular formula is C25H37NO4.